The van der Waals surface area contributed by atoms with Gasteiger partial charge in [0.2, 0.25) is 0 Å². The molecule has 0 aliphatic heterocycles. The van der Waals surface area contributed by atoms with Crippen LogP contribution in [0.5, 0.6) is 5.75 Å². The molecule has 2 aromatic carbocycles. The number of ether oxygens (including phenoxy) is 1. The van der Waals surface area contributed by atoms with Gasteiger partial charge in [-0.2, -0.15) is 0 Å². The van der Waals surface area contributed by atoms with Crippen molar-refractivity contribution in [2.75, 3.05) is 13.7 Å². The Morgan fingerprint density at radius 2 is 1.90 bits per heavy atom. The van der Waals surface area contributed by atoms with Crippen LogP contribution in [0.25, 0.3) is 11.1 Å². The minimum absolute atomic E-state index is 0.189. The highest BCUT2D eigenvalue weighted by Crippen LogP contribution is 2.33. The Hall–Kier alpha value is -1.87. The maximum absolute atomic E-state index is 14.1. The van der Waals surface area contributed by atoms with E-state index >= 15 is 0 Å². The second kappa shape index (κ2) is 6.53. The minimum atomic E-state index is -0.234. The quantitative estimate of drug-likeness (QED) is 0.882. The van der Waals surface area contributed by atoms with Crippen molar-refractivity contribution in [1.29, 1.82) is 0 Å². The number of halogens is 1. The van der Waals surface area contributed by atoms with Crippen molar-refractivity contribution < 1.29 is 9.13 Å². The van der Waals surface area contributed by atoms with Crippen molar-refractivity contribution in [2.24, 2.45) is 0 Å². The van der Waals surface area contributed by atoms with Crippen LogP contribution < -0.4 is 10.1 Å². The molecule has 20 heavy (non-hydrogen) atoms. The van der Waals surface area contributed by atoms with Crippen molar-refractivity contribution in [3.63, 3.8) is 0 Å². The Balaban J connectivity index is 2.48. The number of nitrogens with one attached hydrogen (secondary N) is 1. The van der Waals surface area contributed by atoms with Gasteiger partial charge >= 0.3 is 0 Å². The predicted octanol–water partition coefficient (Wildman–Crippen LogP) is 4.17. The zero-order chi connectivity index (χ0) is 14.5. The zero-order valence-corrected chi connectivity index (χ0v) is 12.1. The number of para-hydroxylation sites is 1. The van der Waals surface area contributed by atoms with Crippen molar-refractivity contribution in [1.82, 2.24) is 5.32 Å². The maximum Gasteiger partial charge on any atom is 0.131 e. The van der Waals surface area contributed by atoms with Gasteiger partial charge in [0.15, 0.2) is 0 Å². The van der Waals surface area contributed by atoms with E-state index in [0.717, 1.165) is 17.7 Å². The highest BCUT2D eigenvalue weighted by molar-refractivity contribution is 5.71. The van der Waals surface area contributed by atoms with Crippen LogP contribution in [0.15, 0.2) is 42.5 Å². The number of methoxy groups -OCH3 is 1. The van der Waals surface area contributed by atoms with Crippen LogP contribution in [0.1, 0.15) is 25.5 Å². The van der Waals surface area contributed by atoms with Crippen molar-refractivity contribution in [3.05, 3.63) is 53.8 Å². The summed E-state index contributed by atoms with van der Waals surface area (Å²) in [6, 6.07) is 12.9. The summed E-state index contributed by atoms with van der Waals surface area (Å²) in [6.45, 7) is 5.01. The highest BCUT2D eigenvalue weighted by atomic mass is 19.1. The molecular weight excluding hydrogens is 253 g/mol. The van der Waals surface area contributed by atoms with Gasteiger partial charge in [0.1, 0.15) is 11.6 Å². The van der Waals surface area contributed by atoms with E-state index in [0.29, 0.717) is 11.3 Å². The van der Waals surface area contributed by atoms with E-state index in [4.69, 9.17) is 4.74 Å². The molecule has 106 valence electrons. The van der Waals surface area contributed by atoms with Crippen LogP contribution in [0, 0.1) is 5.82 Å². The van der Waals surface area contributed by atoms with Gasteiger partial charge in [-0.1, -0.05) is 31.2 Å². The summed E-state index contributed by atoms with van der Waals surface area (Å²) < 4.78 is 19.5. The number of hydrogen-bond donors (Lipinski definition) is 1. The molecule has 1 atom stereocenters. The third kappa shape index (κ3) is 2.99. The van der Waals surface area contributed by atoms with Gasteiger partial charge < -0.3 is 10.1 Å². The molecule has 3 heteroatoms. The van der Waals surface area contributed by atoms with Crippen molar-refractivity contribution >= 4 is 0 Å². The lowest BCUT2D eigenvalue weighted by Gasteiger charge is -2.15. The van der Waals surface area contributed by atoms with Gasteiger partial charge in [0, 0.05) is 17.2 Å². The third-order valence-corrected chi connectivity index (χ3v) is 3.40. The molecule has 2 aromatic rings. The summed E-state index contributed by atoms with van der Waals surface area (Å²) in [7, 11) is 1.60. The first kappa shape index (κ1) is 14.5. The average molecular weight is 273 g/mol. The predicted molar refractivity (Wildman–Crippen MR) is 80.5 cm³/mol. The monoisotopic (exact) mass is 273 g/mol. The summed E-state index contributed by atoms with van der Waals surface area (Å²) >= 11 is 0. The van der Waals surface area contributed by atoms with E-state index in [1.165, 1.54) is 6.07 Å². The molecule has 0 saturated heterocycles. The Labute approximate surface area is 119 Å². The van der Waals surface area contributed by atoms with Crippen LogP contribution in [-0.4, -0.2) is 13.7 Å². The SMILES string of the molecule is CCNC(C)c1ccc(F)c(-c2ccccc2OC)c1. The van der Waals surface area contributed by atoms with E-state index in [1.807, 2.05) is 36.4 Å². The van der Waals surface area contributed by atoms with Crippen LogP contribution in [-0.2, 0) is 0 Å². The molecule has 0 bridgehead atoms. The molecule has 1 N–H and O–H groups in total. The molecule has 0 amide bonds. The molecule has 0 radical (unpaired) electrons. The number of hydrogen-bond acceptors (Lipinski definition) is 2. The molecular formula is C17H20FNO. The normalized spacial score (nSPS) is 12.2. The standard InChI is InChI=1S/C17H20FNO/c1-4-19-12(2)13-9-10-16(18)15(11-13)14-7-5-6-8-17(14)20-3/h5-12,19H,4H2,1-3H3. The minimum Gasteiger partial charge on any atom is -0.496 e. The third-order valence-electron chi connectivity index (χ3n) is 3.40. The van der Waals surface area contributed by atoms with E-state index < -0.39 is 0 Å². The van der Waals surface area contributed by atoms with E-state index in [-0.39, 0.29) is 11.9 Å². The average Bonchev–Trinajstić information content (AvgIpc) is 2.48. The van der Waals surface area contributed by atoms with Crippen LogP contribution in [0.2, 0.25) is 0 Å². The molecule has 0 aliphatic carbocycles. The van der Waals surface area contributed by atoms with Gasteiger partial charge in [0.25, 0.3) is 0 Å². The smallest absolute Gasteiger partial charge is 0.131 e. The molecule has 0 saturated carbocycles. The van der Waals surface area contributed by atoms with Crippen molar-refractivity contribution in [3.8, 4) is 16.9 Å². The zero-order valence-electron chi connectivity index (χ0n) is 12.1. The fraction of sp³-hybridized carbons (Fsp3) is 0.294. The van der Waals surface area contributed by atoms with Gasteiger partial charge in [-0.15, -0.1) is 0 Å². The van der Waals surface area contributed by atoms with Gasteiger partial charge in [0.05, 0.1) is 7.11 Å². The Bertz CT molecular complexity index is 583. The lowest BCUT2D eigenvalue weighted by atomic mass is 9.99. The Morgan fingerprint density at radius 3 is 2.60 bits per heavy atom. The molecule has 0 aromatic heterocycles. The molecule has 0 heterocycles. The molecule has 1 unspecified atom stereocenters. The second-order valence-electron chi connectivity index (χ2n) is 4.72. The van der Waals surface area contributed by atoms with E-state index in [2.05, 4.69) is 19.2 Å². The Kier molecular flexibility index (Phi) is 4.74. The second-order valence-corrected chi connectivity index (χ2v) is 4.72. The fourth-order valence-corrected chi connectivity index (χ4v) is 2.31. The van der Waals surface area contributed by atoms with Crippen LogP contribution in [0.4, 0.5) is 4.39 Å². The Morgan fingerprint density at radius 1 is 1.15 bits per heavy atom. The van der Waals surface area contributed by atoms with Crippen LogP contribution in [0.3, 0.4) is 0 Å². The summed E-state index contributed by atoms with van der Waals surface area (Å²) in [4.78, 5) is 0. The summed E-state index contributed by atoms with van der Waals surface area (Å²) in [5.74, 6) is 0.446. The lowest BCUT2D eigenvalue weighted by Crippen LogP contribution is -2.17. The van der Waals surface area contributed by atoms with E-state index in [1.54, 1.807) is 7.11 Å². The van der Waals surface area contributed by atoms with Gasteiger partial charge in [-0.3, -0.25) is 0 Å². The van der Waals surface area contributed by atoms with Crippen LogP contribution >= 0.6 is 0 Å². The maximum atomic E-state index is 14.1. The van der Waals surface area contributed by atoms with Gasteiger partial charge in [-0.25, -0.2) is 4.39 Å². The van der Waals surface area contributed by atoms with Crippen molar-refractivity contribution in [2.45, 2.75) is 19.9 Å². The molecule has 0 spiro atoms. The highest BCUT2D eigenvalue weighted by Gasteiger charge is 2.13. The lowest BCUT2D eigenvalue weighted by molar-refractivity contribution is 0.416. The number of rotatable bonds is 5. The topological polar surface area (TPSA) is 21.3 Å². The summed E-state index contributed by atoms with van der Waals surface area (Å²) in [5.41, 5.74) is 2.41. The van der Waals surface area contributed by atoms with Gasteiger partial charge in [-0.05, 0) is 37.2 Å². The fourth-order valence-electron chi connectivity index (χ4n) is 2.31. The number of benzene rings is 2. The first-order valence-corrected chi connectivity index (χ1v) is 6.83. The summed E-state index contributed by atoms with van der Waals surface area (Å²) in [6.07, 6.45) is 0. The first-order chi connectivity index (χ1) is 9.67. The molecule has 2 nitrogen and oxygen atoms in total. The first-order valence-electron chi connectivity index (χ1n) is 6.83. The molecule has 2 rings (SSSR count). The summed E-state index contributed by atoms with van der Waals surface area (Å²) in [5, 5.41) is 3.33. The largest absolute Gasteiger partial charge is 0.496 e. The molecule has 0 aliphatic rings. The molecule has 0 fully saturated rings. The van der Waals surface area contributed by atoms with E-state index in [9.17, 15) is 4.39 Å².